The number of aryl methyl sites for hydroxylation is 1. The average molecular weight is 429 g/mol. The van der Waals surface area contributed by atoms with Gasteiger partial charge >= 0.3 is 0 Å². The summed E-state index contributed by atoms with van der Waals surface area (Å²) < 4.78 is 13.1. The van der Waals surface area contributed by atoms with Crippen LogP contribution in [0, 0.1) is 6.92 Å². The molecule has 0 aliphatic carbocycles. The number of ether oxygens (including phenoxy) is 2. The van der Waals surface area contributed by atoms with E-state index in [0.29, 0.717) is 0 Å². The second-order valence-electron chi connectivity index (χ2n) is 7.75. The Kier molecular flexibility index (Phi) is 6.82. The largest absolute Gasteiger partial charge is 0.493 e. The number of nitrogens with zero attached hydrogens (tertiary/aromatic N) is 4. The third-order valence-electron chi connectivity index (χ3n) is 5.38. The van der Waals surface area contributed by atoms with E-state index in [2.05, 4.69) is 69.0 Å². The Balaban J connectivity index is 1.62. The van der Waals surface area contributed by atoms with E-state index in [1.807, 2.05) is 36.8 Å². The first-order valence-corrected chi connectivity index (χ1v) is 10.6. The highest BCUT2D eigenvalue weighted by Crippen LogP contribution is 2.28. The zero-order valence-corrected chi connectivity index (χ0v) is 18.7. The minimum absolute atomic E-state index is 0.733. The molecule has 0 N–H and O–H groups in total. The van der Waals surface area contributed by atoms with Gasteiger partial charge in [0, 0.05) is 50.1 Å². The maximum Gasteiger partial charge on any atom is 0.161 e. The van der Waals surface area contributed by atoms with Crippen molar-refractivity contribution in [3.05, 3.63) is 102 Å². The zero-order chi connectivity index (χ0) is 22.3. The van der Waals surface area contributed by atoms with Gasteiger partial charge in [-0.15, -0.1) is 0 Å². The number of hydrogen-bond acceptors (Lipinski definition) is 5. The third kappa shape index (κ3) is 5.15. The number of aromatic nitrogens is 3. The van der Waals surface area contributed by atoms with Crippen LogP contribution in [0.3, 0.4) is 0 Å². The molecule has 0 saturated heterocycles. The first-order chi connectivity index (χ1) is 15.7. The van der Waals surface area contributed by atoms with Crippen LogP contribution in [0.5, 0.6) is 11.5 Å². The van der Waals surface area contributed by atoms with Crippen molar-refractivity contribution in [3.63, 3.8) is 0 Å². The van der Waals surface area contributed by atoms with Gasteiger partial charge in [-0.25, -0.2) is 4.98 Å². The van der Waals surface area contributed by atoms with Crippen molar-refractivity contribution in [2.24, 2.45) is 0 Å². The highest BCUT2D eigenvalue weighted by molar-refractivity contribution is 5.43. The maximum atomic E-state index is 5.51. The van der Waals surface area contributed by atoms with Gasteiger partial charge in [-0.05, 0) is 72.1 Å². The Labute approximate surface area is 189 Å². The minimum Gasteiger partial charge on any atom is -0.493 e. The lowest BCUT2D eigenvalue weighted by atomic mass is 10.1. The summed E-state index contributed by atoms with van der Waals surface area (Å²) in [5, 5.41) is 0. The SMILES string of the molecule is COc1ccc(CN(Cc2ccncc2)Cc2cccn2-c2cc(C)ccn2)cc1OC. The van der Waals surface area contributed by atoms with Gasteiger partial charge in [0.05, 0.1) is 14.2 Å². The van der Waals surface area contributed by atoms with Crippen LogP contribution in [-0.2, 0) is 19.6 Å². The lowest BCUT2D eigenvalue weighted by Gasteiger charge is -2.24. The van der Waals surface area contributed by atoms with Crippen LogP contribution in [0.4, 0.5) is 0 Å². The molecule has 0 unspecified atom stereocenters. The lowest BCUT2D eigenvalue weighted by molar-refractivity contribution is 0.242. The van der Waals surface area contributed by atoms with Crippen molar-refractivity contribution < 1.29 is 9.47 Å². The van der Waals surface area contributed by atoms with E-state index in [-0.39, 0.29) is 0 Å². The second-order valence-corrected chi connectivity index (χ2v) is 7.75. The van der Waals surface area contributed by atoms with E-state index in [9.17, 15) is 0 Å². The van der Waals surface area contributed by atoms with E-state index < -0.39 is 0 Å². The molecule has 3 heterocycles. The number of hydrogen-bond donors (Lipinski definition) is 0. The number of benzene rings is 1. The molecular formula is C26H28N4O2. The molecule has 0 radical (unpaired) electrons. The molecule has 0 bridgehead atoms. The Morgan fingerprint density at radius 3 is 2.34 bits per heavy atom. The molecule has 0 fully saturated rings. The van der Waals surface area contributed by atoms with Crippen molar-refractivity contribution in [1.82, 2.24) is 19.4 Å². The Hall–Kier alpha value is -3.64. The molecule has 0 aliphatic heterocycles. The summed E-state index contributed by atoms with van der Waals surface area (Å²) in [4.78, 5) is 11.1. The van der Waals surface area contributed by atoms with Crippen molar-refractivity contribution in [2.75, 3.05) is 14.2 Å². The van der Waals surface area contributed by atoms with E-state index >= 15 is 0 Å². The zero-order valence-electron chi connectivity index (χ0n) is 18.7. The van der Waals surface area contributed by atoms with Crippen molar-refractivity contribution in [2.45, 2.75) is 26.6 Å². The summed E-state index contributed by atoms with van der Waals surface area (Å²) in [6, 6.07) is 18.5. The van der Waals surface area contributed by atoms with Crippen molar-refractivity contribution in [1.29, 1.82) is 0 Å². The maximum absolute atomic E-state index is 5.51. The molecular weight excluding hydrogens is 400 g/mol. The smallest absolute Gasteiger partial charge is 0.161 e. The van der Waals surface area contributed by atoms with Gasteiger partial charge in [-0.1, -0.05) is 6.07 Å². The summed E-state index contributed by atoms with van der Waals surface area (Å²) in [7, 11) is 3.32. The van der Waals surface area contributed by atoms with Gasteiger partial charge in [-0.2, -0.15) is 0 Å². The topological polar surface area (TPSA) is 52.4 Å². The molecule has 6 nitrogen and oxygen atoms in total. The summed E-state index contributed by atoms with van der Waals surface area (Å²) in [5.74, 6) is 2.40. The fourth-order valence-electron chi connectivity index (χ4n) is 3.80. The van der Waals surface area contributed by atoms with Crippen LogP contribution >= 0.6 is 0 Å². The standard InChI is InChI=1S/C26H28N4O2/c1-20-8-13-28-26(15-20)30-14-4-5-23(30)19-29(17-21-9-11-27-12-10-21)18-22-6-7-24(31-2)25(16-22)32-3/h4-16H,17-19H2,1-3H3. The van der Waals surface area contributed by atoms with Gasteiger partial charge in [0.2, 0.25) is 0 Å². The number of pyridine rings is 2. The van der Waals surface area contributed by atoms with Gasteiger partial charge < -0.3 is 14.0 Å². The van der Waals surface area contributed by atoms with Gasteiger partial charge in [0.15, 0.2) is 11.5 Å². The molecule has 164 valence electrons. The van der Waals surface area contributed by atoms with Crippen molar-refractivity contribution >= 4 is 0 Å². The molecule has 0 amide bonds. The third-order valence-corrected chi connectivity index (χ3v) is 5.38. The molecule has 0 saturated carbocycles. The summed E-state index contributed by atoms with van der Waals surface area (Å²) in [6.07, 6.45) is 7.59. The van der Waals surface area contributed by atoms with E-state index in [1.165, 1.54) is 16.8 Å². The molecule has 1 aromatic carbocycles. The molecule has 32 heavy (non-hydrogen) atoms. The van der Waals surface area contributed by atoms with Crippen molar-refractivity contribution in [3.8, 4) is 17.3 Å². The van der Waals surface area contributed by atoms with Gasteiger partial charge in [0.1, 0.15) is 5.82 Å². The van der Waals surface area contributed by atoms with Crippen LogP contribution in [0.2, 0.25) is 0 Å². The fourth-order valence-corrected chi connectivity index (χ4v) is 3.80. The summed E-state index contributed by atoms with van der Waals surface area (Å²) in [6.45, 7) is 4.40. The molecule has 0 atom stereocenters. The minimum atomic E-state index is 0.733. The van der Waals surface area contributed by atoms with Crippen LogP contribution in [0.1, 0.15) is 22.4 Å². The molecule has 0 spiro atoms. The van der Waals surface area contributed by atoms with Crippen LogP contribution in [0.25, 0.3) is 5.82 Å². The first-order valence-electron chi connectivity index (χ1n) is 10.6. The summed E-state index contributed by atoms with van der Waals surface area (Å²) >= 11 is 0. The molecule has 6 heteroatoms. The monoisotopic (exact) mass is 428 g/mol. The molecule has 0 aliphatic rings. The first kappa shape index (κ1) is 21.6. The Morgan fingerprint density at radius 2 is 1.59 bits per heavy atom. The second kappa shape index (κ2) is 10.1. The number of rotatable bonds is 9. The quantitative estimate of drug-likeness (QED) is 0.383. The predicted octanol–water partition coefficient (Wildman–Crippen LogP) is 4.80. The Bertz CT molecular complexity index is 1160. The van der Waals surface area contributed by atoms with E-state index in [0.717, 1.165) is 42.5 Å². The molecule has 4 aromatic rings. The molecule has 3 aromatic heterocycles. The van der Waals surface area contributed by atoms with Gasteiger partial charge in [0.25, 0.3) is 0 Å². The Morgan fingerprint density at radius 1 is 0.812 bits per heavy atom. The lowest BCUT2D eigenvalue weighted by Crippen LogP contribution is -2.24. The van der Waals surface area contributed by atoms with Crippen LogP contribution in [0.15, 0.2) is 79.4 Å². The average Bonchev–Trinajstić information content (AvgIpc) is 3.27. The van der Waals surface area contributed by atoms with Crippen LogP contribution < -0.4 is 9.47 Å². The van der Waals surface area contributed by atoms with Crippen LogP contribution in [-0.4, -0.2) is 33.7 Å². The highest BCUT2D eigenvalue weighted by Gasteiger charge is 2.14. The predicted molar refractivity (Wildman–Crippen MR) is 125 cm³/mol. The number of methoxy groups -OCH3 is 2. The normalized spacial score (nSPS) is 11.0. The summed E-state index contributed by atoms with van der Waals surface area (Å²) in [5.41, 5.74) is 4.74. The highest BCUT2D eigenvalue weighted by atomic mass is 16.5. The van der Waals surface area contributed by atoms with E-state index in [1.54, 1.807) is 14.2 Å². The molecule has 4 rings (SSSR count). The van der Waals surface area contributed by atoms with E-state index in [4.69, 9.17) is 9.47 Å². The van der Waals surface area contributed by atoms with Gasteiger partial charge in [-0.3, -0.25) is 9.88 Å². The fraction of sp³-hybridized carbons (Fsp3) is 0.231.